The van der Waals surface area contributed by atoms with Crippen LogP contribution in [0.25, 0.3) is 11.0 Å². The van der Waals surface area contributed by atoms with Crippen LogP contribution < -0.4 is 4.74 Å². The number of fused-ring (bicyclic) bond motifs is 1. The SMILES string of the molecule is Cc1ccc2cc(COc3ccc(C(F)(F)F)cc3)oc2c1. The molecule has 0 saturated carbocycles. The van der Waals surface area contributed by atoms with E-state index in [0.717, 1.165) is 28.7 Å². The van der Waals surface area contributed by atoms with Crippen LogP contribution in [0.15, 0.2) is 52.9 Å². The smallest absolute Gasteiger partial charge is 0.416 e. The summed E-state index contributed by atoms with van der Waals surface area (Å²) in [5.41, 5.74) is 1.17. The van der Waals surface area contributed by atoms with Crippen LogP contribution in [-0.4, -0.2) is 0 Å². The van der Waals surface area contributed by atoms with Crippen molar-refractivity contribution in [2.24, 2.45) is 0 Å². The van der Waals surface area contributed by atoms with E-state index >= 15 is 0 Å². The third kappa shape index (κ3) is 3.08. The molecular formula is C17H13F3O2. The largest absolute Gasteiger partial charge is 0.486 e. The topological polar surface area (TPSA) is 22.4 Å². The van der Waals surface area contributed by atoms with E-state index in [1.54, 1.807) is 0 Å². The first-order valence-electron chi connectivity index (χ1n) is 6.71. The molecule has 0 atom stereocenters. The van der Waals surface area contributed by atoms with Crippen molar-refractivity contribution in [3.05, 3.63) is 65.4 Å². The molecule has 0 fully saturated rings. The van der Waals surface area contributed by atoms with Crippen molar-refractivity contribution in [3.63, 3.8) is 0 Å². The summed E-state index contributed by atoms with van der Waals surface area (Å²) in [7, 11) is 0. The van der Waals surface area contributed by atoms with Crippen LogP contribution in [0.1, 0.15) is 16.9 Å². The standard InChI is InChI=1S/C17H13F3O2/c1-11-2-3-12-9-15(22-16(12)8-11)10-21-14-6-4-13(5-7-14)17(18,19)20/h2-9H,10H2,1H3. The van der Waals surface area contributed by atoms with Crippen molar-refractivity contribution in [1.82, 2.24) is 0 Å². The molecule has 1 heterocycles. The molecule has 3 aromatic rings. The second kappa shape index (κ2) is 5.40. The lowest BCUT2D eigenvalue weighted by molar-refractivity contribution is -0.137. The van der Waals surface area contributed by atoms with Crippen molar-refractivity contribution >= 4 is 11.0 Å². The molecule has 0 amide bonds. The van der Waals surface area contributed by atoms with Gasteiger partial charge in [0.25, 0.3) is 0 Å². The zero-order chi connectivity index (χ0) is 15.7. The number of aryl methyl sites for hydroxylation is 1. The minimum atomic E-state index is -4.34. The van der Waals surface area contributed by atoms with Gasteiger partial charge < -0.3 is 9.15 Å². The van der Waals surface area contributed by atoms with E-state index in [-0.39, 0.29) is 6.61 Å². The number of halogens is 3. The van der Waals surface area contributed by atoms with Crippen LogP contribution in [0.2, 0.25) is 0 Å². The van der Waals surface area contributed by atoms with Gasteiger partial charge in [0.05, 0.1) is 5.56 Å². The summed E-state index contributed by atoms with van der Waals surface area (Å²) in [5.74, 6) is 0.991. The number of rotatable bonds is 3. The number of alkyl halides is 3. The Bertz CT molecular complexity index is 786. The van der Waals surface area contributed by atoms with E-state index in [1.807, 2.05) is 31.2 Å². The van der Waals surface area contributed by atoms with Crippen LogP contribution in [0, 0.1) is 6.92 Å². The third-order valence-electron chi connectivity index (χ3n) is 3.29. The van der Waals surface area contributed by atoms with Gasteiger partial charge in [0.15, 0.2) is 0 Å². The molecule has 1 aromatic heterocycles. The van der Waals surface area contributed by atoms with Crippen LogP contribution in [-0.2, 0) is 12.8 Å². The number of hydrogen-bond acceptors (Lipinski definition) is 2. The molecule has 3 rings (SSSR count). The van der Waals surface area contributed by atoms with E-state index in [2.05, 4.69) is 0 Å². The molecule has 0 N–H and O–H groups in total. The van der Waals surface area contributed by atoms with Crippen LogP contribution >= 0.6 is 0 Å². The van der Waals surface area contributed by atoms with Crippen LogP contribution in [0.3, 0.4) is 0 Å². The Kier molecular flexibility index (Phi) is 3.56. The summed E-state index contributed by atoms with van der Waals surface area (Å²) in [6.07, 6.45) is -4.34. The van der Waals surface area contributed by atoms with Gasteiger partial charge in [0.1, 0.15) is 23.7 Å². The van der Waals surface area contributed by atoms with Gasteiger partial charge in [-0.15, -0.1) is 0 Å². The second-order valence-corrected chi connectivity index (χ2v) is 5.06. The molecule has 2 aromatic carbocycles. The number of benzene rings is 2. The van der Waals surface area contributed by atoms with Gasteiger partial charge in [0, 0.05) is 5.39 Å². The molecule has 0 unspecified atom stereocenters. The lowest BCUT2D eigenvalue weighted by Crippen LogP contribution is -2.04. The minimum Gasteiger partial charge on any atom is -0.486 e. The predicted octanol–water partition coefficient (Wildman–Crippen LogP) is 5.34. The highest BCUT2D eigenvalue weighted by Gasteiger charge is 2.30. The molecule has 0 radical (unpaired) electrons. The molecule has 0 bridgehead atoms. The maximum Gasteiger partial charge on any atom is 0.416 e. The van der Waals surface area contributed by atoms with Crippen LogP contribution in [0.5, 0.6) is 5.75 Å². The Hall–Kier alpha value is -2.43. The third-order valence-corrected chi connectivity index (χ3v) is 3.29. The highest BCUT2D eigenvalue weighted by atomic mass is 19.4. The summed E-state index contributed by atoms with van der Waals surface area (Å²) in [5, 5.41) is 0.969. The molecule has 0 aliphatic rings. The van der Waals surface area contributed by atoms with Crippen LogP contribution in [0.4, 0.5) is 13.2 Å². The van der Waals surface area contributed by atoms with Crippen molar-refractivity contribution in [1.29, 1.82) is 0 Å². The van der Waals surface area contributed by atoms with Crippen molar-refractivity contribution in [3.8, 4) is 5.75 Å². The fourth-order valence-corrected chi connectivity index (χ4v) is 2.16. The Morgan fingerprint density at radius 3 is 2.41 bits per heavy atom. The Morgan fingerprint density at radius 2 is 1.73 bits per heavy atom. The lowest BCUT2D eigenvalue weighted by Gasteiger charge is -2.08. The van der Waals surface area contributed by atoms with Gasteiger partial charge in [-0.2, -0.15) is 13.2 Å². The number of ether oxygens (including phenoxy) is 1. The van der Waals surface area contributed by atoms with Gasteiger partial charge in [-0.1, -0.05) is 12.1 Å². The average Bonchev–Trinajstić information content (AvgIpc) is 2.86. The fourth-order valence-electron chi connectivity index (χ4n) is 2.16. The number of hydrogen-bond donors (Lipinski definition) is 0. The summed E-state index contributed by atoms with van der Waals surface area (Å²) in [6.45, 7) is 2.14. The zero-order valence-electron chi connectivity index (χ0n) is 11.8. The molecule has 0 spiro atoms. The molecular weight excluding hydrogens is 293 g/mol. The first-order chi connectivity index (χ1) is 10.4. The number of furan rings is 1. The normalized spacial score (nSPS) is 11.8. The molecule has 114 valence electrons. The van der Waals surface area contributed by atoms with E-state index in [4.69, 9.17) is 9.15 Å². The lowest BCUT2D eigenvalue weighted by atomic mass is 10.2. The summed E-state index contributed by atoms with van der Waals surface area (Å²) >= 11 is 0. The first kappa shape index (κ1) is 14.5. The average molecular weight is 306 g/mol. The Labute approximate surface area is 125 Å². The Balaban J connectivity index is 1.71. The van der Waals surface area contributed by atoms with Gasteiger partial charge in [-0.05, 0) is 48.9 Å². The van der Waals surface area contributed by atoms with Gasteiger partial charge >= 0.3 is 6.18 Å². The summed E-state index contributed by atoms with van der Waals surface area (Å²) < 4.78 is 48.5. The summed E-state index contributed by atoms with van der Waals surface area (Å²) in [6, 6.07) is 12.3. The predicted molar refractivity (Wildman–Crippen MR) is 76.7 cm³/mol. The van der Waals surface area contributed by atoms with E-state index in [1.165, 1.54) is 12.1 Å². The van der Waals surface area contributed by atoms with Crippen molar-refractivity contribution < 1.29 is 22.3 Å². The van der Waals surface area contributed by atoms with Crippen molar-refractivity contribution in [2.75, 3.05) is 0 Å². The monoisotopic (exact) mass is 306 g/mol. The highest BCUT2D eigenvalue weighted by Crippen LogP contribution is 2.30. The molecule has 0 aliphatic carbocycles. The Morgan fingerprint density at radius 1 is 1.00 bits per heavy atom. The molecule has 0 aliphatic heterocycles. The van der Waals surface area contributed by atoms with Gasteiger partial charge in [-0.3, -0.25) is 0 Å². The fraction of sp³-hybridized carbons (Fsp3) is 0.176. The summed E-state index contributed by atoms with van der Waals surface area (Å²) in [4.78, 5) is 0. The zero-order valence-corrected chi connectivity index (χ0v) is 11.8. The maximum absolute atomic E-state index is 12.5. The molecule has 22 heavy (non-hydrogen) atoms. The molecule has 2 nitrogen and oxygen atoms in total. The first-order valence-corrected chi connectivity index (χ1v) is 6.71. The quantitative estimate of drug-likeness (QED) is 0.652. The van der Waals surface area contributed by atoms with Gasteiger partial charge in [-0.25, -0.2) is 0 Å². The van der Waals surface area contributed by atoms with E-state index < -0.39 is 11.7 Å². The maximum atomic E-state index is 12.5. The highest BCUT2D eigenvalue weighted by molar-refractivity contribution is 5.78. The second-order valence-electron chi connectivity index (χ2n) is 5.06. The van der Waals surface area contributed by atoms with E-state index in [9.17, 15) is 13.2 Å². The minimum absolute atomic E-state index is 0.166. The van der Waals surface area contributed by atoms with E-state index in [0.29, 0.717) is 11.5 Å². The molecule has 5 heteroatoms. The van der Waals surface area contributed by atoms with Gasteiger partial charge in [0.2, 0.25) is 0 Å². The molecule has 0 saturated heterocycles. The van der Waals surface area contributed by atoms with Crippen molar-refractivity contribution in [2.45, 2.75) is 19.7 Å².